The Morgan fingerprint density at radius 2 is 1.65 bits per heavy atom. The van der Waals surface area contributed by atoms with Crippen LogP contribution in [0.15, 0.2) is 60.8 Å². The lowest BCUT2D eigenvalue weighted by Crippen LogP contribution is -2.30. The van der Waals surface area contributed by atoms with E-state index in [1.54, 1.807) is 0 Å². The van der Waals surface area contributed by atoms with E-state index in [1.165, 1.54) is 36.4 Å². The van der Waals surface area contributed by atoms with E-state index in [-0.39, 0.29) is 22.4 Å². The van der Waals surface area contributed by atoms with Gasteiger partial charge in [0.25, 0.3) is 0 Å². The van der Waals surface area contributed by atoms with Crippen molar-refractivity contribution in [1.29, 1.82) is 0 Å². The fraction of sp³-hybridized carbons (Fsp3) is 0.182. The average Bonchev–Trinajstić information content (AvgIpc) is 2.74. The molecule has 1 unspecified atom stereocenters. The Hall–Kier alpha value is -3.54. The molecule has 1 aromatic heterocycles. The van der Waals surface area contributed by atoms with Crippen LogP contribution in [-0.4, -0.2) is 25.6 Å². The number of nitrogens with zero attached hydrogens (tertiary/aromatic N) is 2. The van der Waals surface area contributed by atoms with Crippen LogP contribution < -0.4 is 10.0 Å². The lowest BCUT2D eigenvalue weighted by molar-refractivity contribution is -0.141. The maximum absolute atomic E-state index is 14.1. The number of rotatable bonds is 7. The standard InChI is InChI=1S/C22H18F5N3O3S/c1-34(32,33)30(12-15-3-2-4-17(23)20(15)24)16-8-5-13(6-9-16)19(21(28)31)14-7-10-18(29-11-14)22(25,26)27/h2-11,19H,12H2,1H3,(H2,28,31). The van der Waals surface area contributed by atoms with E-state index in [9.17, 15) is 35.2 Å². The van der Waals surface area contributed by atoms with Gasteiger partial charge in [-0.1, -0.05) is 30.3 Å². The minimum absolute atomic E-state index is 0.0867. The molecular formula is C22H18F5N3O3S. The molecule has 1 amide bonds. The zero-order chi connectivity index (χ0) is 25.3. The van der Waals surface area contributed by atoms with E-state index < -0.39 is 51.9 Å². The van der Waals surface area contributed by atoms with Gasteiger partial charge in [-0.2, -0.15) is 13.2 Å². The summed E-state index contributed by atoms with van der Waals surface area (Å²) in [6, 6.07) is 10.6. The number of hydrogen-bond donors (Lipinski definition) is 1. The van der Waals surface area contributed by atoms with Gasteiger partial charge >= 0.3 is 6.18 Å². The van der Waals surface area contributed by atoms with E-state index >= 15 is 0 Å². The number of hydrogen-bond acceptors (Lipinski definition) is 4. The van der Waals surface area contributed by atoms with Gasteiger partial charge in [0.15, 0.2) is 11.6 Å². The normalized spacial score (nSPS) is 12.9. The predicted octanol–water partition coefficient (Wildman–Crippen LogP) is 3.96. The highest BCUT2D eigenvalue weighted by atomic mass is 32.2. The first kappa shape index (κ1) is 25.1. The van der Waals surface area contributed by atoms with Crippen LogP contribution in [0.25, 0.3) is 0 Å². The number of halogens is 5. The second-order valence-electron chi connectivity index (χ2n) is 7.38. The third kappa shape index (κ3) is 5.50. The third-order valence-corrected chi connectivity index (χ3v) is 6.10. The second-order valence-corrected chi connectivity index (χ2v) is 9.29. The van der Waals surface area contributed by atoms with Crippen LogP contribution in [0.4, 0.5) is 27.6 Å². The molecule has 0 bridgehead atoms. The summed E-state index contributed by atoms with van der Waals surface area (Å²) in [5, 5.41) is 0. The molecule has 0 radical (unpaired) electrons. The number of sulfonamides is 1. The van der Waals surface area contributed by atoms with E-state index in [2.05, 4.69) is 4.98 Å². The number of anilines is 1. The Morgan fingerprint density at radius 3 is 2.15 bits per heavy atom. The van der Waals surface area contributed by atoms with Crippen molar-refractivity contribution in [1.82, 2.24) is 4.98 Å². The number of primary amides is 1. The summed E-state index contributed by atoms with van der Waals surface area (Å²) in [6.45, 7) is -0.496. The first-order valence-corrected chi connectivity index (χ1v) is 11.5. The Labute approximate surface area is 191 Å². The van der Waals surface area contributed by atoms with Crippen molar-refractivity contribution in [3.8, 4) is 0 Å². The van der Waals surface area contributed by atoms with Gasteiger partial charge in [-0.25, -0.2) is 17.2 Å². The molecule has 180 valence electrons. The first-order chi connectivity index (χ1) is 15.8. The zero-order valence-corrected chi connectivity index (χ0v) is 18.4. The molecule has 1 heterocycles. The van der Waals surface area contributed by atoms with Gasteiger partial charge in [-0.15, -0.1) is 0 Å². The molecule has 3 rings (SSSR count). The van der Waals surface area contributed by atoms with Gasteiger partial charge in [0, 0.05) is 11.8 Å². The monoisotopic (exact) mass is 499 g/mol. The van der Waals surface area contributed by atoms with Gasteiger partial charge in [0.1, 0.15) is 5.69 Å². The van der Waals surface area contributed by atoms with E-state index in [0.29, 0.717) is 0 Å². The van der Waals surface area contributed by atoms with Crippen molar-refractivity contribution >= 4 is 21.6 Å². The molecule has 3 aromatic rings. The van der Waals surface area contributed by atoms with Crippen LogP contribution in [0.5, 0.6) is 0 Å². The number of amides is 1. The zero-order valence-electron chi connectivity index (χ0n) is 17.6. The lowest BCUT2D eigenvalue weighted by atomic mass is 9.91. The van der Waals surface area contributed by atoms with Crippen molar-refractivity contribution in [2.75, 3.05) is 10.6 Å². The predicted molar refractivity (Wildman–Crippen MR) is 114 cm³/mol. The topological polar surface area (TPSA) is 93.4 Å². The van der Waals surface area contributed by atoms with Crippen LogP contribution in [0.2, 0.25) is 0 Å². The summed E-state index contributed by atoms with van der Waals surface area (Å²) in [7, 11) is -3.93. The summed E-state index contributed by atoms with van der Waals surface area (Å²) >= 11 is 0. The Bertz CT molecular complexity index is 1290. The number of pyridine rings is 1. The third-order valence-electron chi connectivity index (χ3n) is 4.95. The summed E-state index contributed by atoms with van der Waals surface area (Å²) in [6.07, 6.45) is -2.88. The van der Waals surface area contributed by atoms with Gasteiger partial charge in [-0.05, 0) is 35.4 Å². The van der Waals surface area contributed by atoms with Gasteiger partial charge < -0.3 is 5.73 Å². The number of aromatic nitrogens is 1. The van der Waals surface area contributed by atoms with Crippen molar-refractivity contribution in [3.63, 3.8) is 0 Å². The summed E-state index contributed by atoms with van der Waals surface area (Å²) < 4.78 is 91.4. The fourth-order valence-electron chi connectivity index (χ4n) is 3.32. The minimum atomic E-state index is -4.65. The van der Waals surface area contributed by atoms with Crippen molar-refractivity contribution < 1.29 is 35.2 Å². The molecule has 6 nitrogen and oxygen atoms in total. The first-order valence-electron chi connectivity index (χ1n) is 9.62. The maximum Gasteiger partial charge on any atom is 0.433 e. The van der Waals surface area contributed by atoms with E-state index in [1.807, 2.05) is 0 Å². The lowest BCUT2D eigenvalue weighted by Gasteiger charge is -2.24. The fourth-order valence-corrected chi connectivity index (χ4v) is 4.20. The quantitative estimate of drug-likeness (QED) is 0.498. The summed E-state index contributed by atoms with van der Waals surface area (Å²) in [5.41, 5.74) is 4.58. The molecule has 0 aliphatic heterocycles. The largest absolute Gasteiger partial charge is 0.433 e. The molecule has 0 aliphatic rings. The second kappa shape index (κ2) is 9.37. The highest BCUT2D eigenvalue weighted by molar-refractivity contribution is 7.92. The SMILES string of the molecule is CS(=O)(=O)N(Cc1cccc(F)c1F)c1ccc(C(C(N)=O)c2ccc(C(F)(F)F)nc2)cc1. The molecule has 0 saturated heterocycles. The summed E-state index contributed by atoms with van der Waals surface area (Å²) in [4.78, 5) is 15.4. The Balaban J connectivity index is 1.95. The Morgan fingerprint density at radius 1 is 1.03 bits per heavy atom. The number of carbonyl (C=O) groups is 1. The van der Waals surface area contributed by atoms with Crippen molar-refractivity contribution in [2.45, 2.75) is 18.6 Å². The molecule has 1 atom stereocenters. The molecule has 0 spiro atoms. The molecular weight excluding hydrogens is 481 g/mol. The minimum Gasteiger partial charge on any atom is -0.369 e. The molecule has 12 heteroatoms. The van der Waals surface area contributed by atoms with Crippen LogP contribution >= 0.6 is 0 Å². The highest BCUT2D eigenvalue weighted by Gasteiger charge is 2.33. The van der Waals surface area contributed by atoms with Crippen molar-refractivity contribution in [2.24, 2.45) is 5.73 Å². The van der Waals surface area contributed by atoms with Crippen LogP contribution in [0.1, 0.15) is 28.3 Å². The summed E-state index contributed by atoms with van der Waals surface area (Å²) in [5.74, 6) is -4.33. The molecule has 2 aromatic carbocycles. The molecule has 0 fully saturated rings. The number of carbonyl (C=O) groups excluding carboxylic acids is 1. The molecule has 2 N–H and O–H groups in total. The number of nitrogens with two attached hydrogens (primary N) is 1. The smallest absolute Gasteiger partial charge is 0.369 e. The molecule has 34 heavy (non-hydrogen) atoms. The Kier molecular flexibility index (Phi) is 6.92. The van der Waals surface area contributed by atoms with Crippen LogP contribution in [0.3, 0.4) is 0 Å². The number of benzene rings is 2. The van der Waals surface area contributed by atoms with Crippen LogP contribution in [0, 0.1) is 11.6 Å². The molecule has 0 aliphatic carbocycles. The van der Waals surface area contributed by atoms with Gasteiger partial charge in [-0.3, -0.25) is 14.1 Å². The van der Waals surface area contributed by atoms with E-state index in [0.717, 1.165) is 35.0 Å². The number of alkyl halides is 3. The van der Waals surface area contributed by atoms with E-state index in [4.69, 9.17) is 5.73 Å². The average molecular weight is 499 g/mol. The van der Waals surface area contributed by atoms with Gasteiger partial charge in [0.2, 0.25) is 15.9 Å². The maximum atomic E-state index is 14.1. The van der Waals surface area contributed by atoms with Gasteiger partial charge in [0.05, 0.1) is 24.4 Å². The van der Waals surface area contributed by atoms with Crippen LogP contribution in [-0.2, 0) is 27.5 Å². The van der Waals surface area contributed by atoms with Crippen molar-refractivity contribution in [3.05, 3.63) is 94.8 Å². The molecule has 0 saturated carbocycles. The highest BCUT2D eigenvalue weighted by Crippen LogP contribution is 2.31.